The fourth-order valence-corrected chi connectivity index (χ4v) is 2.10. The second-order valence-electron chi connectivity index (χ2n) is 4.14. The summed E-state index contributed by atoms with van der Waals surface area (Å²) in [6.07, 6.45) is 5.79. The van der Waals surface area contributed by atoms with Crippen molar-refractivity contribution >= 4 is 11.6 Å². The van der Waals surface area contributed by atoms with Crippen molar-refractivity contribution in [3.05, 3.63) is 52.6 Å². The highest BCUT2D eigenvalue weighted by Gasteiger charge is 2.06. The van der Waals surface area contributed by atoms with E-state index >= 15 is 0 Å². The molecule has 0 saturated carbocycles. The van der Waals surface area contributed by atoms with Crippen molar-refractivity contribution in [2.45, 2.75) is 26.3 Å². The quantitative estimate of drug-likeness (QED) is 0.844. The highest BCUT2D eigenvalue weighted by atomic mass is 35.5. The number of imidazole rings is 1. The van der Waals surface area contributed by atoms with Crippen molar-refractivity contribution in [1.82, 2.24) is 9.55 Å². The lowest BCUT2D eigenvalue weighted by molar-refractivity contribution is 0.705. The van der Waals surface area contributed by atoms with Crippen LogP contribution in [0, 0.1) is 11.3 Å². The number of aromatic nitrogens is 2. The molecule has 3 nitrogen and oxygen atoms in total. The zero-order valence-corrected chi connectivity index (χ0v) is 11.0. The molecule has 2 rings (SSSR count). The molecule has 0 aliphatic heterocycles. The lowest BCUT2D eigenvalue weighted by Gasteiger charge is -2.09. The average Bonchev–Trinajstić information content (AvgIpc) is 2.80. The molecule has 4 heteroatoms. The third-order valence-electron chi connectivity index (χ3n) is 2.80. The van der Waals surface area contributed by atoms with E-state index in [1.165, 1.54) is 0 Å². The normalized spacial score (nSPS) is 10.3. The molecule has 18 heavy (non-hydrogen) atoms. The van der Waals surface area contributed by atoms with Crippen molar-refractivity contribution in [3.8, 4) is 6.07 Å². The number of hydrogen-bond donors (Lipinski definition) is 0. The minimum Gasteiger partial charge on any atom is -0.330 e. The van der Waals surface area contributed by atoms with E-state index in [-0.39, 0.29) is 0 Å². The minimum atomic E-state index is 0.586. The van der Waals surface area contributed by atoms with Crippen LogP contribution in [0.4, 0.5) is 0 Å². The van der Waals surface area contributed by atoms with Crippen molar-refractivity contribution in [3.63, 3.8) is 0 Å². The van der Waals surface area contributed by atoms with E-state index < -0.39 is 0 Å². The molecule has 1 aromatic carbocycles. The Morgan fingerprint density at radius 3 is 2.94 bits per heavy atom. The van der Waals surface area contributed by atoms with Gasteiger partial charge in [-0.25, -0.2) is 4.98 Å². The van der Waals surface area contributed by atoms with Crippen LogP contribution in [-0.4, -0.2) is 9.55 Å². The van der Waals surface area contributed by atoms with Crippen LogP contribution in [0.2, 0.25) is 5.02 Å². The average molecular weight is 260 g/mol. The predicted octanol–water partition coefficient (Wildman–Crippen LogP) is 3.41. The van der Waals surface area contributed by atoms with Crippen LogP contribution < -0.4 is 0 Å². The van der Waals surface area contributed by atoms with E-state index in [9.17, 15) is 0 Å². The number of rotatable bonds is 4. The van der Waals surface area contributed by atoms with Gasteiger partial charge in [-0.2, -0.15) is 5.26 Å². The molecule has 2 aromatic rings. The summed E-state index contributed by atoms with van der Waals surface area (Å²) in [5.41, 5.74) is 1.59. The van der Waals surface area contributed by atoms with Gasteiger partial charge in [0.05, 0.1) is 18.2 Å². The van der Waals surface area contributed by atoms with E-state index in [0.717, 1.165) is 24.2 Å². The number of benzene rings is 1. The molecule has 0 atom stereocenters. The van der Waals surface area contributed by atoms with Gasteiger partial charge in [0, 0.05) is 23.8 Å². The lowest BCUT2D eigenvalue weighted by Crippen LogP contribution is -2.04. The van der Waals surface area contributed by atoms with Gasteiger partial charge in [-0.1, -0.05) is 24.6 Å². The number of hydrogen-bond acceptors (Lipinski definition) is 2. The van der Waals surface area contributed by atoms with E-state index in [1.54, 1.807) is 12.1 Å². The van der Waals surface area contributed by atoms with Gasteiger partial charge in [0.25, 0.3) is 0 Å². The van der Waals surface area contributed by atoms with E-state index in [1.807, 2.05) is 18.5 Å². The standard InChI is InChI=1S/C14H14ClN3/c1-2-3-14-17-6-7-18(14)10-12-5-4-11(9-16)8-13(12)15/h4-8H,2-3,10H2,1H3. The molecule has 0 amide bonds. The summed E-state index contributed by atoms with van der Waals surface area (Å²) in [5, 5.41) is 9.43. The van der Waals surface area contributed by atoms with Crippen molar-refractivity contribution in [1.29, 1.82) is 5.26 Å². The fourth-order valence-electron chi connectivity index (χ4n) is 1.86. The molecule has 0 bridgehead atoms. The van der Waals surface area contributed by atoms with Crippen molar-refractivity contribution in [2.75, 3.05) is 0 Å². The first-order valence-corrected chi connectivity index (χ1v) is 6.31. The first kappa shape index (κ1) is 12.7. The smallest absolute Gasteiger partial charge is 0.108 e. The van der Waals surface area contributed by atoms with Gasteiger partial charge >= 0.3 is 0 Å². The molecule has 0 fully saturated rings. The van der Waals surface area contributed by atoms with Crippen molar-refractivity contribution in [2.24, 2.45) is 0 Å². The Kier molecular flexibility index (Phi) is 4.01. The summed E-state index contributed by atoms with van der Waals surface area (Å²) in [6.45, 7) is 2.83. The third kappa shape index (κ3) is 2.72. The Hall–Kier alpha value is -1.79. The summed E-state index contributed by atoms with van der Waals surface area (Å²) in [7, 11) is 0. The van der Waals surface area contributed by atoms with Gasteiger partial charge in [-0.3, -0.25) is 0 Å². The van der Waals surface area contributed by atoms with Gasteiger partial charge in [-0.15, -0.1) is 0 Å². The molecule has 0 N–H and O–H groups in total. The molecule has 0 spiro atoms. The maximum Gasteiger partial charge on any atom is 0.108 e. The number of halogens is 1. The van der Waals surface area contributed by atoms with Crippen LogP contribution in [0.3, 0.4) is 0 Å². The molecule has 92 valence electrons. The van der Waals surface area contributed by atoms with E-state index in [0.29, 0.717) is 17.1 Å². The highest BCUT2D eigenvalue weighted by Crippen LogP contribution is 2.19. The van der Waals surface area contributed by atoms with Crippen LogP contribution in [0.25, 0.3) is 0 Å². The third-order valence-corrected chi connectivity index (χ3v) is 3.15. The Morgan fingerprint density at radius 1 is 1.44 bits per heavy atom. The Balaban J connectivity index is 2.23. The highest BCUT2D eigenvalue weighted by molar-refractivity contribution is 6.31. The first-order valence-electron chi connectivity index (χ1n) is 5.93. The van der Waals surface area contributed by atoms with Crippen molar-refractivity contribution < 1.29 is 0 Å². The number of nitriles is 1. The summed E-state index contributed by atoms with van der Waals surface area (Å²) in [5.74, 6) is 1.07. The maximum absolute atomic E-state index is 8.80. The van der Waals surface area contributed by atoms with Gasteiger partial charge in [0.1, 0.15) is 5.82 Å². The topological polar surface area (TPSA) is 41.6 Å². The Labute approximate surface area is 112 Å². The van der Waals surface area contributed by atoms with Crippen LogP contribution in [0.1, 0.15) is 30.3 Å². The van der Waals surface area contributed by atoms with Gasteiger partial charge < -0.3 is 4.57 Å². The van der Waals surface area contributed by atoms with Crippen LogP contribution in [0.5, 0.6) is 0 Å². The monoisotopic (exact) mass is 259 g/mol. The summed E-state index contributed by atoms with van der Waals surface area (Å²) >= 11 is 6.17. The molecule has 0 radical (unpaired) electrons. The molecule has 1 heterocycles. The molecular weight excluding hydrogens is 246 g/mol. The maximum atomic E-state index is 8.80. The van der Waals surface area contributed by atoms with Gasteiger partial charge in [0.2, 0.25) is 0 Å². The number of aryl methyl sites for hydroxylation is 1. The van der Waals surface area contributed by atoms with Crippen LogP contribution >= 0.6 is 11.6 Å². The summed E-state index contributed by atoms with van der Waals surface area (Å²) in [4.78, 5) is 4.33. The summed E-state index contributed by atoms with van der Waals surface area (Å²) in [6, 6.07) is 7.47. The lowest BCUT2D eigenvalue weighted by atomic mass is 10.1. The second kappa shape index (κ2) is 5.70. The molecule has 0 aliphatic rings. The van der Waals surface area contributed by atoms with Crippen LogP contribution in [-0.2, 0) is 13.0 Å². The molecule has 0 saturated heterocycles. The predicted molar refractivity (Wildman–Crippen MR) is 71.5 cm³/mol. The zero-order chi connectivity index (χ0) is 13.0. The first-order chi connectivity index (χ1) is 8.74. The van der Waals surface area contributed by atoms with E-state index in [2.05, 4.69) is 22.5 Å². The fraction of sp³-hybridized carbons (Fsp3) is 0.286. The number of nitrogens with zero attached hydrogens (tertiary/aromatic N) is 3. The zero-order valence-electron chi connectivity index (χ0n) is 10.2. The van der Waals surface area contributed by atoms with Gasteiger partial charge in [0.15, 0.2) is 0 Å². The molecular formula is C14H14ClN3. The van der Waals surface area contributed by atoms with E-state index in [4.69, 9.17) is 16.9 Å². The molecule has 0 aliphatic carbocycles. The minimum absolute atomic E-state index is 0.586. The van der Waals surface area contributed by atoms with Gasteiger partial charge in [-0.05, 0) is 24.1 Å². The summed E-state index contributed by atoms with van der Waals surface area (Å²) < 4.78 is 2.09. The molecule has 0 unspecified atom stereocenters. The van der Waals surface area contributed by atoms with Crippen LogP contribution in [0.15, 0.2) is 30.6 Å². The Morgan fingerprint density at radius 2 is 2.28 bits per heavy atom. The SMILES string of the molecule is CCCc1nccn1Cc1ccc(C#N)cc1Cl. The molecule has 1 aromatic heterocycles. The second-order valence-corrected chi connectivity index (χ2v) is 4.55. The Bertz CT molecular complexity index is 581. The largest absolute Gasteiger partial charge is 0.330 e.